The molecule has 0 saturated carbocycles. The molecule has 0 N–H and O–H groups in total. The maximum Gasteiger partial charge on any atom is 0.171 e. The second-order valence-electron chi connectivity index (χ2n) is 4.80. The highest BCUT2D eigenvalue weighted by Gasteiger charge is 2.42. The molecule has 2 rings (SSSR count). The van der Waals surface area contributed by atoms with E-state index in [2.05, 4.69) is 6.58 Å². The summed E-state index contributed by atoms with van der Waals surface area (Å²) in [6.45, 7) is 5.63. The predicted octanol–water partition coefficient (Wildman–Crippen LogP) is 4.32. The second-order valence-corrected chi connectivity index (χ2v) is 5.56. The normalized spacial score (nSPS) is 21.9. The zero-order chi connectivity index (χ0) is 13.5. The molecule has 18 heavy (non-hydrogen) atoms. The van der Waals surface area contributed by atoms with E-state index in [9.17, 15) is 4.79 Å². The number of rotatable bonds is 3. The summed E-state index contributed by atoms with van der Waals surface area (Å²) in [7, 11) is 1.53. The van der Waals surface area contributed by atoms with Crippen molar-refractivity contribution in [3.05, 3.63) is 39.9 Å². The van der Waals surface area contributed by atoms with Crippen molar-refractivity contribution in [3.8, 4) is 5.75 Å². The first-order valence-electron chi connectivity index (χ1n) is 5.65. The van der Waals surface area contributed by atoms with Crippen molar-refractivity contribution < 1.29 is 9.53 Å². The van der Waals surface area contributed by atoms with Gasteiger partial charge in [0.2, 0.25) is 0 Å². The smallest absolute Gasteiger partial charge is 0.171 e. The number of Topliss-reactive ketones (excluding diaryl/α,β-unsaturated/α-hetero) is 1. The summed E-state index contributed by atoms with van der Waals surface area (Å²) in [6, 6.07) is 1.80. The van der Waals surface area contributed by atoms with Crippen LogP contribution in [0.15, 0.2) is 18.7 Å². The highest BCUT2D eigenvalue weighted by molar-refractivity contribution is 6.45. The van der Waals surface area contributed by atoms with Gasteiger partial charge in [0.25, 0.3) is 0 Å². The molecular weight excluding hydrogens is 271 g/mol. The van der Waals surface area contributed by atoms with Crippen LogP contribution in [0.5, 0.6) is 5.75 Å². The van der Waals surface area contributed by atoms with Gasteiger partial charge in [-0.1, -0.05) is 36.2 Å². The van der Waals surface area contributed by atoms with Crippen LogP contribution in [0.1, 0.15) is 29.3 Å². The molecular formula is C14H14Cl2O2. The summed E-state index contributed by atoms with van der Waals surface area (Å²) in [6.07, 6.45) is 3.02. The number of ether oxygens (including phenoxy) is 1. The Morgan fingerprint density at radius 1 is 1.50 bits per heavy atom. The van der Waals surface area contributed by atoms with Crippen LogP contribution in [0.4, 0.5) is 0 Å². The third-order valence-electron chi connectivity index (χ3n) is 3.43. The molecule has 0 bridgehead atoms. The van der Waals surface area contributed by atoms with Gasteiger partial charge in [0.15, 0.2) is 5.78 Å². The number of carbonyl (C=O) groups is 1. The lowest BCUT2D eigenvalue weighted by molar-refractivity contribution is 0.0845. The maximum absolute atomic E-state index is 12.4. The summed E-state index contributed by atoms with van der Waals surface area (Å²) in [5.74, 6) is 0.544. The molecule has 0 spiro atoms. The molecule has 0 amide bonds. The van der Waals surface area contributed by atoms with Crippen molar-refractivity contribution in [2.45, 2.75) is 19.8 Å². The van der Waals surface area contributed by atoms with Crippen molar-refractivity contribution in [3.63, 3.8) is 0 Å². The van der Waals surface area contributed by atoms with E-state index in [0.717, 1.165) is 5.56 Å². The van der Waals surface area contributed by atoms with Crippen molar-refractivity contribution in [2.24, 2.45) is 5.41 Å². The Kier molecular flexibility index (Phi) is 3.43. The van der Waals surface area contributed by atoms with E-state index >= 15 is 0 Å². The molecule has 1 aromatic rings. The van der Waals surface area contributed by atoms with E-state index in [1.165, 1.54) is 7.11 Å². The topological polar surface area (TPSA) is 26.3 Å². The van der Waals surface area contributed by atoms with Gasteiger partial charge in [-0.2, -0.15) is 0 Å². The number of allylic oxidation sites excluding steroid dienone is 1. The van der Waals surface area contributed by atoms with Crippen LogP contribution >= 0.6 is 23.2 Å². The van der Waals surface area contributed by atoms with Crippen LogP contribution in [0.2, 0.25) is 10.0 Å². The first-order chi connectivity index (χ1) is 8.44. The van der Waals surface area contributed by atoms with Crippen LogP contribution in [0.25, 0.3) is 0 Å². The van der Waals surface area contributed by atoms with E-state index < -0.39 is 5.41 Å². The quantitative estimate of drug-likeness (QED) is 0.773. The van der Waals surface area contributed by atoms with E-state index in [-0.39, 0.29) is 5.78 Å². The lowest BCUT2D eigenvalue weighted by Gasteiger charge is -2.19. The molecule has 1 aliphatic rings. The minimum Gasteiger partial charge on any atom is -0.495 e. The first-order valence-corrected chi connectivity index (χ1v) is 6.40. The number of fused-ring (bicyclic) bond motifs is 1. The highest BCUT2D eigenvalue weighted by Crippen LogP contribution is 2.47. The molecule has 96 valence electrons. The average Bonchev–Trinajstić information content (AvgIpc) is 2.57. The number of benzene rings is 1. The molecule has 2 nitrogen and oxygen atoms in total. The van der Waals surface area contributed by atoms with E-state index in [4.69, 9.17) is 27.9 Å². The number of carbonyl (C=O) groups excluding carboxylic acids is 1. The third kappa shape index (κ3) is 1.84. The fourth-order valence-corrected chi connectivity index (χ4v) is 3.00. The van der Waals surface area contributed by atoms with E-state index in [1.807, 2.05) is 6.92 Å². The first kappa shape index (κ1) is 13.4. The number of hydrogen-bond acceptors (Lipinski definition) is 2. The van der Waals surface area contributed by atoms with Gasteiger partial charge in [0.05, 0.1) is 12.1 Å². The Balaban J connectivity index is 2.59. The number of halogens is 2. The van der Waals surface area contributed by atoms with Crippen molar-refractivity contribution in [1.29, 1.82) is 0 Å². The van der Waals surface area contributed by atoms with Crippen LogP contribution in [0.3, 0.4) is 0 Å². The lowest BCUT2D eigenvalue weighted by Crippen LogP contribution is -2.23. The fraction of sp³-hybridized carbons (Fsp3) is 0.357. The largest absolute Gasteiger partial charge is 0.495 e. The summed E-state index contributed by atoms with van der Waals surface area (Å²) in [4.78, 5) is 12.4. The molecule has 0 radical (unpaired) electrons. The molecule has 0 aliphatic heterocycles. The van der Waals surface area contributed by atoms with Gasteiger partial charge in [0, 0.05) is 11.0 Å². The molecule has 4 heteroatoms. The predicted molar refractivity (Wildman–Crippen MR) is 74.0 cm³/mol. The standard InChI is InChI=1S/C14H14Cl2O2/c1-4-5-14(2)7-8-6-9(18-3)11(15)12(16)10(8)13(14)17/h4,6H,1,5,7H2,2-3H3/t14-/m1/s1. The summed E-state index contributed by atoms with van der Waals surface area (Å²) in [5.41, 5.74) is 0.964. The number of hydrogen-bond donors (Lipinski definition) is 0. The molecule has 0 fully saturated rings. The SMILES string of the molecule is C=CC[C@]1(C)Cc2cc(OC)c(Cl)c(Cl)c2C1=O. The van der Waals surface area contributed by atoms with Crippen molar-refractivity contribution >= 4 is 29.0 Å². The molecule has 1 aromatic carbocycles. The minimum atomic E-state index is -0.469. The Hall–Kier alpha value is -0.990. The van der Waals surface area contributed by atoms with Crippen LogP contribution in [-0.2, 0) is 6.42 Å². The average molecular weight is 285 g/mol. The van der Waals surface area contributed by atoms with Gasteiger partial charge < -0.3 is 4.74 Å². The summed E-state index contributed by atoms with van der Waals surface area (Å²) < 4.78 is 5.17. The highest BCUT2D eigenvalue weighted by atomic mass is 35.5. The zero-order valence-electron chi connectivity index (χ0n) is 10.3. The molecule has 0 heterocycles. The van der Waals surface area contributed by atoms with Crippen molar-refractivity contribution in [2.75, 3.05) is 7.11 Å². The van der Waals surface area contributed by atoms with E-state index in [1.54, 1.807) is 12.1 Å². The molecule has 0 aromatic heterocycles. The molecule has 1 aliphatic carbocycles. The summed E-state index contributed by atoms with van der Waals surface area (Å²) in [5, 5.41) is 0.595. The summed E-state index contributed by atoms with van der Waals surface area (Å²) >= 11 is 12.3. The molecule has 1 atom stereocenters. The lowest BCUT2D eigenvalue weighted by atomic mass is 9.83. The fourth-order valence-electron chi connectivity index (χ4n) is 2.47. The monoisotopic (exact) mass is 284 g/mol. The van der Waals surface area contributed by atoms with Gasteiger partial charge in [-0.3, -0.25) is 4.79 Å². The van der Waals surface area contributed by atoms with Crippen molar-refractivity contribution in [1.82, 2.24) is 0 Å². The number of methoxy groups -OCH3 is 1. The maximum atomic E-state index is 12.4. The Labute approximate surface area is 117 Å². The third-order valence-corrected chi connectivity index (χ3v) is 4.28. The van der Waals surface area contributed by atoms with Crippen LogP contribution in [-0.4, -0.2) is 12.9 Å². The Morgan fingerprint density at radius 2 is 2.17 bits per heavy atom. The van der Waals surface area contributed by atoms with Gasteiger partial charge in [-0.25, -0.2) is 0 Å². The zero-order valence-corrected chi connectivity index (χ0v) is 11.9. The Morgan fingerprint density at radius 3 is 2.72 bits per heavy atom. The van der Waals surface area contributed by atoms with E-state index in [0.29, 0.717) is 34.2 Å². The van der Waals surface area contributed by atoms with Gasteiger partial charge in [-0.15, -0.1) is 6.58 Å². The Bertz CT molecular complexity index is 537. The second kappa shape index (κ2) is 4.60. The van der Waals surface area contributed by atoms with Gasteiger partial charge in [0.1, 0.15) is 10.8 Å². The van der Waals surface area contributed by atoms with Gasteiger partial charge in [-0.05, 0) is 24.5 Å². The van der Waals surface area contributed by atoms with Gasteiger partial charge >= 0.3 is 0 Å². The van der Waals surface area contributed by atoms with Crippen LogP contribution in [0, 0.1) is 5.41 Å². The molecule has 0 saturated heterocycles. The minimum absolute atomic E-state index is 0.0342. The molecule has 0 unspecified atom stereocenters. The number of ketones is 1. The van der Waals surface area contributed by atoms with Crippen LogP contribution < -0.4 is 4.74 Å².